The average Bonchev–Trinajstić information content (AvgIpc) is 2.55. The Kier molecular flexibility index (Phi) is 6.39. The molecule has 3 N–H and O–H groups in total. The van der Waals surface area contributed by atoms with Crippen molar-refractivity contribution in [3.8, 4) is 5.75 Å². The Labute approximate surface area is 147 Å². The standard InChI is InChI=1S/C19H23N3O3/c1-13-6-4-9-18(14(13)2)25-11-10-20-19(24)22-17-8-5-7-16(12-17)21-15(3)23/h4-9,12H,10-11H2,1-3H3,(H,21,23)(H2,20,22,24). The summed E-state index contributed by atoms with van der Waals surface area (Å²) < 4.78 is 5.69. The second-order valence-corrected chi connectivity index (χ2v) is 5.69. The van der Waals surface area contributed by atoms with Gasteiger partial charge in [-0.3, -0.25) is 4.79 Å². The summed E-state index contributed by atoms with van der Waals surface area (Å²) in [5.41, 5.74) is 3.49. The van der Waals surface area contributed by atoms with E-state index in [2.05, 4.69) is 16.0 Å². The molecule has 2 rings (SSSR count). The summed E-state index contributed by atoms with van der Waals surface area (Å²) in [6.07, 6.45) is 0. The molecule has 0 aromatic heterocycles. The summed E-state index contributed by atoms with van der Waals surface area (Å²) in [6, 6.07) is 12.5. The lowest BCUT2D eigenvalue weighted by molar-refractivity contribution is -0.114. The van der Waals surface area contributed by atoms with E-state index in [4.69, 9.17) is 4.74 Å². The van der Waals surface area contributed by atoms with Gasteiger partial charge in [0.25, 0.3) is 0 Å². The molecule has 0 aliphatic heterocycles. The van der Waals surface area contributed by atoms with Crippen molar-refractivity contribution >= 4 is 23.3 Å². The predicted molar refractivity (Wildman–Crippen MR) is 99.2 cm³/mol. The molecule has 0 aliphatic rings. The highest BCUT2D eigenvalue weighted by Crippen LogP contribution is 2.20. The molecule has 2 aromatic carbocycles. The molecular weight excluding hydrogens is 318 g/mol. The molecule has 0 aliphatic carbocycles. The Bertz CT molecular complexity index is 759. The van der Waals surface area contributed by atoms with Crippen molar-refractivity contribution < 1.29 is 14.3 Å². The van der Waals surface area contributed by atoms with E-state index in [-0.39, 0.29) is 11.9 Å². The van der Waals surface area contributed by atoms with Crippen LogP contribution in [0.5, 0.6) is 5.75 Å². The number of hydrogen-bond donors (Lipinski definition) is 3. The number of urea groups is 1. The van der Waals surface area contributed by atoms with Gasteiger partial charge in [-0.2, -0.15) is 0 Å². The van der Waals surface area contributed by atoms with Crippen molar-refractivity contribution in [2.75, 3.05) is 23.8 Å². The van der Waals surface area contributed by atoms with E-state index < -0.39 is 0 Å². The van der Waals surface area contributed by atoms with Crippen LogP contribution in [0.3, 0.4) is 0 Å². The minimum Gasteiger partial charge on any atom is -0.491 e. The first kappa shape index (κ1) is 18.3. The number of hydrogen-bond acceptors (Lipinski definition) is 3. The largest absolute Gasteiger partial charge is 0.491 e. The maximum atomic E-state index is 11.9. The molecule has 0 atom stereocenters. The number of benzene rings is 2. The lowest BCUT2D eigenvalue weighted by Gasteiger charge is -2.12. The topological polar surface area (TPSA) is 79.5 Å². The maximum Gasteiger partial charge on any atom is 0.319 e. The molecular formula is C19H23N3O3. The predicted octanol–water partition coefficient (Wildman–Crippen LogP) is 3.46. The van der Waals surface area contributed by atoms with Crippen LogP contribution >= 0.6 is 0 Å². The minimum atomic E-state index is -0.329. The quantitative estimate of drug-likeness (QED) is 0.704. The van der Waals surface area contributed by atoms with E-state index in [1.807, 2.05) is 32.0 Å². The molecule has 132 valence electrons. The number of carbonyl (C=O) groups excluding carboxylic acids is 2. The average molecular weight is 341 g/mol. The summed E-state index contributed by atoms with van der Waals surface area (Å²) in [5.74, 6) is 0.662. The van der Waals surface area contributed by atoms with Crippen LogP contribution in [0, 0.1) is 13.8 Å². The number of nitrogens with one attached hydrogen (secondary N) is 3. The molecule has 0 radical (unpaired) electrons. The van der Waals surface area contributed by atoms with Gasteiger partial charge in [0.1, 0.15) is 12.4 Å². The molecule has 2 aromatic rings. The normalized spacial score (nSPS) is 10.0. The SMILES string of the molecule is CC(=O)Nc1cccc(NC(=O)NCCOc2cccc(C)c2C)c1. The Morgan fingerprint density at radius 3 is 2.40 bits per heavy atom. The third-order valence-corrected chi connectivity index (χ3v) is 3.64. The zero-order valence-corrected chi connectivity index (χ0v) is 14.7. The van der Waals surface area contributed by atoms with Gasteiger partial charge < -0.3 is 20.7 Å². The second-order valence-electron chi connectivity index (χ2n) is 5.69. The Morgan fingerprint density at radius 2 is 1.68 bits per heavy atom. The van der Waals surface area contributed by atoms with Gasteiger partial charge in [-0.25, -0.2) is 4.79 Å². The van der Waals surface area contributed by atoms with Crippen molar-refractivity contribution in [1.29, 1.82) is 0 Å². The molecule has 6 nitrogen and oxygen atoms in total. The van der Waals surface area contributed by atoms with E-state index in [9.17, 15) is 9.59 Å². The Morgan fingerprint density at radius 1 is 1.00 bits per heavy atom. The highest BCUT2D eigenvalue weighted by Gasteiger charge is 2.04. The van der Waals surface area contributed by atoms with Gasteiger partial charge in [-0.15, -0.1) is 0 Å². The summed E-state index contributed by atoms with van der Waals surface area (Å²) in [6.45, 7) is 6.23. The first-order chi connectivity index (χ1) is 12.0. The van der Waals surface area contributed by atoms with Crippen LogP contribution in [0.4, 0.5) is 16.2 Å². The molecule has 0 heterocycles. The summed E-state index contributed by atoms with van der Waals surface area (Å²) in [7, 11) is 0. The lowest BCUT2D eigenvalue weighted by Crippen LogP contribution is -2.32. The summed E-state index contributed by atoms with van der Waals surface area (Å²) >= 11 is 0. The minimum absolute atomic E-state index is 0.162. The van der Waals surface area contributed by atoms with E-state index in [1.54, 1.807) is 24.3 Å². The third-order valence-electron chi connectivity index (χ3n) is 3.64. The van der Waals surface area contributed by atoms with Crippen molar-refractivity contribution in [1.82, 2.24) is 5.32 Å². The van der Waals surface area contributed by atoms with Crippen LogP contribution in [-0.4, -0.2) is 25.1 Å². The van der Waals surface area contributed by atoms with Crippen LogP contribution in [0.15, 0.2) is 42.5 Å². The van der Waals surface area contributed by atoms with Crippen molar-refractivity contribution in [2.24, 2.45) is 0 Å². The highest BCUT2D eigenvalue weighted by atomic mass is 16.5. The molecule has 6 heteroatoms. The third kappa shape index (κ3) is 5.84. The van der Waals surface area contributed by atoms with Gasteiger partial charge in [0, 0.05) is 18.3 Å². The molecule has 25 heavy (non-hydrogen) atoms. The Hall–Kier alpha value is -3.02. The van der Waals surface area contributed by atoms with Gasteiger partial charge in [0.2, 0.25) is 5.91 Å². The summed E-state index contributed by atoms with van der Waals surface area (Å²) in [5, 5.41) is 8.12. The first-order valence-electron chi connectivity index (χ1n) is 8.07. The van der Waals surface area contributed by atoms with Gasteiger partial charge >= 0.3 is 6.03 Å². The van der Waals surface area contributed by atoms with Gasteiger partial charge in [0.05, 0.1) is 6.54 Å². The van der Waals surface area contributed by atoms with E-state index in [0.717, 1.165) is 11.3 Å². The molecule has 0 saturated carbocycles. The van der Waals surface area contributed by atoms with Crippen LogP contribution in [0.2, 0.25) is 0 Å². The van der Waals surface area contributed by atoms with Crippen LogP contribution in [-0.2, 0) is 4.79 Å². The number of aryl methyl sites for hydroxylation is 1. The first-order valence-corrected chi connectivity index (χ1v) is 8.07. The number of anilines is 2. The highest BCUT2D eigenvalue weighted by molar-refractivity contribution is 5.92. The smallest absolute Gasteiger partial charge is 0.319 e. The van der Waals surface area contributed by atoms with Crippen molar-refractivity contribution in [3.63, 3.8) is 0 Å². The fraction of sp³-hybridized carbons (Fsp3) is 0.263. The van der Waals surface area contributed by atoms with Gasteiger partial charge in [-0.05, 0) is 49.2 Å². The van der Waals surface area contributed by atoms with Crippen LogP contribution in [0.25, 0.3) is 0 Å². The molecule has 0 saturated heterocycles. The molecule has 0 bridgehead atoms. The fourth-order valence-electron chi connectivity index (χ4n) is 2.26. The maximum absolute atomic E-state index is 11.9. The molecule has 0 fully saturated rings. The van der Waals surface area contributed by atoms with E-state index >= 15 is 0 Å². The molecule has 0 unspecified atom stereocenters. The van der Waals surface area contributed by atoms with E-state index in [1.165, 1.54) is 12.5 Å². The number of rotatable bonds is 6. The number of ether oxygens (including phenoxy) is 1. The molecule has 0 spiro atoms. The summed E-state index contributed by atoms with van der Waals surface area (Å²) in [4.78, 5) is 23.0. The van der Waals surface area contributed by atoms with Crippen molar-refractivity contribution in [2.45, 2.75) is 20.8 Å². The van der Waals surface area contributed by atoms with Gasteiger partial charge in [0.15, 0.2) is 0 Å². The number of amides is 3. The van der Waals surface area contributed by atoms with Gasteiger partial charge in [-0.1, -0.05) is 18.2 Å². The van der Waals surface area contributed by atoms with Crippen molar-refractivity contribution in [3.05, 3.63) is 53.6 Å². The van der Waals surface area contributed by atoms with Crippen LogP contribution in [0.1, 0.15) is 18.1 Å². The molecule has 3 amide bonds. The van der Waals surface area contributed by atoms with Crippen LogP contribution < -0.4 is 20.7 Å². The van der Waals surface area contributed by atoms with E-state index in [0.29, 0.717) is 24.5 Å². The zero-order valence-electron chi connectivity index (χ0n) is 14.7. The zero-order chi connectivity index (χ0) is 18.2. The fourth-order valence-corrected chi connectivity index (χ4v) is 2.26. The lowest BCUT2D eigenvalue weighted by atomic mass is 10.1. The second kappa shape index (κ2) is 8.73. The Balaban J connectivity index is 1.77. The monoisotopic (exact) mass is 341 g/mol. The number of carbonyl (C=O) groups is 2.